The van der Waals surface area contributed by atoms with Gasteiger partial charge in [-0.25, -0.2) is 8.91 Å². The first-order valence-corrected chi connectivity index (χ1v) is 10.4. The third-order valence-corrected chi connectivity index (χ3v) is 6.21. The van der Waals surface area contributed by atoms with E-state index in [1.54, 1.807) is 22.8 Å². The average Bonchev–Trinajstić information content (AvgIpc) is 3.05. The van der Waals surface area contributed by atoms with E-state index >= 15 is 0 Å². The number of halogens is 2. The fourth-order valence-electron chi connectivity index (χ4n) is 4.09. The number of aromatic nitrogens is 2. The van der Waals surface area contributed by atoms with E-state index in [9.17, 15) is 14.3 Å². The third-order valence-electron chi connectivity index (χ3n) is 5.60. The van der Waals surface area contributed by atoms with E-state index in [1.807, 2.05) is 18.2 Å². The molecule has 1 aliphatic rings. The van der Waals surface area contributed by atoms with E-state index in [4.69, 9.17) is 0 Å². The molecule has 0 saturated heterocycles. The lowest BCUT2D eigenvalue weighted by Crippen LogP contribution is -2.27. The van der Waals surface area contributed by atoms with Gasteiger partial charge < -0.3 is 5.11 Å². The largest absolute Gasteiger partial charge is 0.393 e. The van der Waals surface area contributed by atoms with Crippen LogP contribution in [0.5, 0.6) is 0 Å². The number of ketones is 1. The van der Waals surface area contributed by atoms with Gasteiger partial charge in [0.1, 0.15) is 11.5 Å². The van der Waals surface area contributed by atoms with Gasteiger partial charge in [0, 0.05) is 12.6 Å². The second-order valence-corrected chi connectivity index (χ2v) is 8.39. The molecule has 1 aliphatic carbocycles. The van der Waals surface area contributed by atoms with Crippen LogP contribution in [0.1, 0.15) is 53.7 Å². The zero-order valence-corrected chi connectivity index (χ0v) is 17.0. The van der Waals surface area contributed by atoms with Crippen LogP contribution in [0, 0.1) is 11.7 Å². The van der Waals surface area contributed by atoms with Gasteiger partial charge in [-0.2, -0.15) is 5.10 Å². The molecule has 1 fully saturated rings. The molecule has 3 aromatic rings. The Morgan fingerprint density at radius 1 is 1.25 bits per heavy atom. The third kappa shape index (κ3) is 3.89. The SMILES string of the molecule is O=C(C[C@H]1CCCC[C@@H]1O)c1cc(Cc2ccc(F)c(Br)c2)c2cccnn12. The maximum Gasteiger partial charge on any atom is 0.181 e. The van der Waals surface area contributed by atoms with Crippen molar-refractivity contribution in [1.82, 2.24) is 9.61 Å². The van der Waals surface area contributed by atoms with Gasteiger partial charge in [0.05, 0.1) is 16.1 Å². The van der Waals surface area contributed by atoms with Crippen molar-refractivity contribution in [2.75, 3.05) is 0 Å². The van der Waals surface area contributed by atoms with Crippen molar-refractivity contribution in [3.05, 3.63) is 69.7 Å². The minimum atomic E-state index is -0.395. The highest BCUT2D eigenvalue weighted by Gasteiger charge is 2.27. The van der Waals surface area contributed by atoms with Crippen LogP contribution >= 0.6 is 15.9 Å². The summed E-state index contributed by atoms with van der Waals surface area (Å²) in [6.07, 6.45) is 5.94. The fraction of sp³-hybridized carbons (Fsp3) is 0.364. The number of hydrogen-bond acceptors (Lipinski definition) is 3. The Labute approximate surface area is 171 Å². The van der Waals surface area contributed by atoms with E-state index in [-0.39, 0.29) is 17.5 Å². The maximum atomic E-state index is 13.5. The number of rotatable bonds is 5. The fourth-order valence-corrected chi connectivity index (χ4v) is 4.51. The zero-order chi connectivity index (χ0) is 19.7. The van der Waals surface area contributed by atoms with E-state index in [1.165, 1.54) is 6.07 Å². The van der Waals surface area contributed by atoms with Crippen molar-refractivity contribution >= 4 is 27.2 Å². The second-order valence-electron chi connectivity index (χ2n) is 7.54. The molecule has 6 heteroatoms. The molecule has 0 aliphatic heterocycles. The molecule has 146 valence electrons. The van der Waals surface area contributed by atoms with E-state index < -0.39 is 6.10 Å². The number of aliphatic hydroxyl groups is 1. The summed E-state index contributed by atoms with van der Waals surface area (Å²) in [7, 11) is 0. The van der Waals surface area contributed by atoms with Crippen LogP contribution in [0.4, 0.5) is 4.39 Å². The summed E-state index contributed by atoms with van der Waals surface area (Å²) in [5, 5.41) is 14.6. The number of hydrogen-bond donors (Lipinski definition) is 1. The molecule has 2 aromatic heterocycles. The van der Waals surface area contributed by atoms with Crippen LogP contribution in [0.3, 0.4) is 0 Å². The monoisotopic (exact) mass is 444 g/mol. The summed E-state index contributed by atoms with van der Waals surface area (Å²) in [5.41, 5.74) is 3.34. The Morgan fingerprint density at radius 3 is 2.86 bits per heavy atom. The summed E-state index contributed by atoms with van der Waals surface area (Å²) in [5.74, 6) is -0.271. The van der Waals surface area contributed by atoms with Gasteiger partial charge in [-0.3, -0.25) is 4.79 Å². The van der Waals surface area contributed by atoms with Crippen LogP contribution in [-0.2, 0) is 6.42 Å². The molecule has 0 bridgehead atoms. The molecule has 0 amide bonds. The number of carbonyl (C=O) groups excluding carboxylic acids is 1. The van der Waals surface area contributed by atoms with Crippen LogP contribution < -0.4 is 0 Å². The lowest BCUT2D eigenvalue weighted by molar-refractivity contribution is 0.0580. The summed E-state index contributed by atoms with van der Waals surface area (Å²) < 4.78 is 15.6. The lowest BCUT2D eigenvalue weighted by atomic mass is 9.83. The number of nitrogens with zero attached hydrogens (tertiary/aromatic N) is 2. The summed E-state index contributed by atoms with van der Waals surface area (Å²) in [4.78, 5) is 13.0. The van der Waals surface area contributed by atoms with Crippen LogP contribution in [-0.4, -0.2) is 26.6 Å². The van der Waals surface area contributed by atoms with E-state index in [0.29, 0.717) is 23.0 Å². The molecular formula is C22H22BrFN2O2. The molecule has 1 saturated carbocycles. The molecule has 28 heavy (non-hydrogen) atoms. The normalized spacial score (nSPS) is 19.8. The number of Topliss-reactive ketones (excluding diaryl/α,β-unsaturated/α-hetero) is 1. The average molecular weight is 445 g/mol. The smallest absolute Gasteiger partial charge is 0.181 e. The minimum Gasteiger partial charge on any atom is -0.393 e. The highest BCUT2D eigenvalue weighted by Crippen LogP contribution is 2.29. The van der Waals surface area contributed by atoms with Gasteiger partial charge >= 0.3 is 0 Å². The number of carbonyl (C=O) groups is 1. The zero-order valence-electron chi connectivity index (χ0n) is 15.4. The number of fused-ring (bicyclic) bond motifs is 1. The minimum absolute atomic E-state index is 0.00573. The van der Waals surface area contributed by atoms with Gasteiger partial charge in [-0.05, 0) is 82.6 Å². The molecule has 4 rings (SSSR count). The van der Waals surface area contributed by atoms with Gasteiger partial charge in [0.15, 0.2) is 5.78 Å². The molecule has 2 atom stereocenters. The first kappa shape index (κ1) is 19.3. The molecule has 0 radical (unpaired) electrons. The van der Waals surface area contributed by atoms with Gasteiger partial charge in [-0.1, -0.05) is 18.9 Å². The second kappa shape index (κ2) is 8.13. The van der Waals surface area contributed by atoms with Crippen LogP contribution in [0.15, 0.2) is 47.1 Å². The number of benzene rings is 1. The van der Waals surface area contributed by atoms with Gasteiger partial charge in [0.25, 0.3) is 0 Å². The van der Waals surface area contributed by atoms with Crippen molar-refractivity contribution in [3.8, 4) is 0 Å². The van der Waals surface area contributed by atoms with Crippen LogP contribution in [0.2, 0.25) is 0 Å². The van der Waals surface area contributed by atoms with Crippen molar-refractivity contribution in [1.29, 1.82) is 0 Å². The molecule has 1 aromatic carbocycles. The first-order chi connectivity index (χ1) is 13.5. The number of aliphatic hydroxyl groups excluding tert-OH is 1. The quantitative estimate of drug-likeness (QED) is 0.566. The molecular weight excluding hydrogens is 423 g/mol. The Bertz CT molecular complexity index is 1020. The molecule has 0 spiro atoms. The maximum absolute atomic E-state index is 13.5. The topological polar surface area (TPSA) is 54.6 Å². The Morgan fingerprint density at radius 2 is 2.07 bits per heavy atom. The standard InChI is InChI=1S/C22H22BrFN2O2/c23-17-11-14(7-8-18(17)24)10-16-12-20(26-19(16)5-3-9-25-26)22(28)13-15-4-1-2-6-21(15)27/h3,5,7-9,11-12,15,21,27H,1-2,4,6,10,13H2/t15-,21+/m1/s1. The van der Waals surface area contributed by atoms with Crippen molar-refractivity contribution in [3.63, 3.8) is 0 Å². The van der Waals surface area contributed by atoms with E-state index in [2.05, 4.69) is 21.0 Å². The predicted octanol–water partition coefficient (Wildman–Crippen LogP) is 4.95. The summed E-state index contributed by atoms with van der Waals surface area (Å²) >= 11 is 3.23. The Kier molecular flexibility index (Phi) is 5.60. The van der Waals surface area contributed by atoms with Crippen LogP contribution in [0.25, 0.3) is 5.52 Å². The molecule has 4 nitrogen and oxygen atoms in total. The van der Waals surface area contributed by atoms with E-state index in [0.717, 1.165) is 42.3 Å². The van der Waals surface area contributed by atoms with Crippen molar-refractivity contribution in [2.24, 2.45) is 5.92 Å². The Hall–Kier alpha value is -2.05. The molecule has 2 heterocycles. The first-order valence-electron chi connectivity index (χ1n) is 9.64. The van der Waals surface area contributed by atoms with Gasteiger partial charge in [0.2, 0.25) is 0 Å². The Balaban J connectivity index is 1.64. The van der Waals surface area contributed by atoms with Crippen molar-refractivity contribution < 1.29 is 14.3 Å². The summed E-state index contributed by atoms with van der Waals surface area (Å²) in [6, 6.07) is 10.6. The highest BCUT2D eigenvalue weighted by atomic mass is 79.9. The van der Waals surface area contributed by atoms with Crippen molar-refractivity contribution in [2.45, 2.75) is 44.6 Å². The molecule has 1 N–H and O–H groups in total. The highest BCUT2D eigenvalue weighted by molar-refractivity contribution is 9.10. The lowest BCUT2D eigenvalue weighted by Gasteiger charge is -2.26. The molecule has 0 unspecified atom stereocenters. The van der Waals surface area contributed by atoms with Gasteiger partial charge in [-0.15, -0.1) is 0 Å². The summed E-state index contributed by atoms with van der Waals surface area (Å²) in [6.45, 7) is 0. The predicted molar refractivity (Wildman–Crippen MR) is 109 cm³/mol.